The van der Waals surface area contributed by atoms with Gasteiger partial charge in [0.15, 0.2) is 0 Å². The fourth-order valence-corrected chi connectivity index (χ4v) is 3.77. The molecule has 2 aromatic rings. The summed E-state index contributed by atoms with van der Waals surface area (Å²) in [6.07, 6.45) is -0.387. The number of carbonyl (C=O) groups excluding carboxylic acids is 1. The number of aromatic nitrogens is 2. The number of benzene rings is 1. The zero-order chi connectivity index (χ0) is 20.6. The van der Waals surface area contributed by atoms with Gasteiger partial charge in [-0.3, -0.25) is 9.48 Å². The summed E-state index contributed by atoms with van der Waals surface area (Å²) in [7, 11) is 1.55. The number of carbonyl (C=O) groups is 1. The van der Waals surface area contributed by atoms with Crippen LogP contribution in [0.1, 0.15) is 54.7 Å². The van der Waals surface area contributed by atoms with Crippen molar-refractivity contribution in [3.05, 3.63) is 46.8 Å². The zero-order valence-corrected chi connectivity index (χ0v) is 17.0. The van der Waals surface area contributed by atoms with Gasteiger partial charge in [0.1, 0.15) is 12.3 Å². The first-order chi connectivity index (χ1) is 13.1. The number of methoxy groups -OCH3 is 1. The fraction of sp³-hybridized carbons (Fsp3) is 0.524. The maximum atomic E-state index is 14.3. The van der Waals surface area contributed by atoms with Crippen LogP contribution in [0.3, 0.4) is 0 Å². The van der Waals surface area contributed by atoms with Gasteiger partial charge in [-0.25, -0.2) is 8.78 Å². The minimum absolute atomic E-state index is 0.0475. The molecule has 1 atom stereocenters. The monoisotopic (exact) mass is 391 g/mol. The summed E-state index contributed by atoms with van der Waals surface area (Å²) in [6.45, 7) is 7.13. The summed E-state index contributed by atoms with van der Waals surface area (Å²) in [6, 6.07) is 6.60. The fourth-order valence-electron chi connectivity index (χ4n) is 3.77. The van der Waals surface area contributed by atoms with Gasteiger partial charge >= 0.3 is 0 Å². The molecule has 0 spiro atoms. The molecule has 152 valence electrons. The quantitative estimate of drug-likeness (QED) is 0.766. The van der Waals surface area contributed by atoms with Gasteiger partial charge < -0.3 is 9.64 Å². The van der Waals surface area contributed by atoms with E-state index in [1.807, 2.05) is 33.8 Å². The third kappa shape index (κ3) is 3.88. The summed E-state index contributed by atoms with van der Waals surface area (Å²) in [5, 5.41) is 4.46. The molecule has 0 N–H and O–H groups in total. The number of amides is 1. The smallest absolute Gasteiger partial charge is 0.267 e. The lowest BCUT2D eigenvalue weighted by atomic mass is 9.98. The van der Waals surface area contributed by atoms with E-state index in [0.717, 1.165) is 17.0 Å². The molecular formula is C21H27F2N3O2. The second-order valence-electron chi connectivity index (χ2n) is 7.79. The van der Waals surface area contributed by atoms with E-state index in [-0.39, 0.29) is 24.8 Å². The van der Waals surface area contributed by atoms with E-state index in [4.69, 9.17) is 4.74 Å². The number of halogens is 2. The molecule has 0 bridgehead atoms. The van der Waals surface area contributed by atoms with Gasteiger partial charge in [-0.15, -0.1) is 0 Å². The summed E-state index contributed by atoms with van der Waals surface area (Å²) >= 11 is 0. The van der Waals surface area contributed by atoms with Crippen molar-refractivity contribution in [3.8, 4) is 5.75 Å². The molecule has 3 rings (SSSR count). The lowest BCUT2D eigenvalue weighted by Gasteiger charge is -2.26. The number of hydrogen-bond acceptors (Lipinski definition) is 3. The molecule has 0 aliphatic carbocycles. The third-order valence-corrected chi connectivity index (χ3v) is 5.37. The molecule has 0 unspecified atom stereocenters. The van der Waals surface area contributed by atoms with Gasteiger partial charge in [0.05, 0.1) is 25.4 Å². The Morgan fingerprint density at radius 1 is 1.36 bits per heavy atom. The Morgan fingerprint density at radius 3 is 2.68 bits per heavy atom. The van der Waals surface area contributed by atoms with Crippen molar-refractivity contribution in [3.63, 3.8) is 0 Å². The Hall–Kier alpha value is -2.44. The van der Waals surface area contributed by atoms with Crippen molar-refractivity contribution in [2.75, 3.05) is 13.7 Å². The number of alkyl halides is 2. The van der Waals surface area contributed by atoms with Gasteiger partial charge in [-0.2, -0.15) is 5.10 Å². The molecule has 0 radical (unpaired) electrons. The Labute approximate surface area is 164 Å². The van der Waals surface area contributed by atoms with E-state index in [9.17, 15) is 13.6 Å². The highest BCUT2D eigenvalue weighted by atomic mass is 19.3. The second-order valence-corrected chi connectivity index (χ2v) is 7.79. The number of rotatable bonds is 5. The van der Waals surface area contributed by atoms with Crippen LogP contribution >= 0.6 is 0 Å². The van der Waals surface area contributed by atoms with Gasteiger partial charge in [0, 0.05) is 12.1 Å². The van der Waals surface area contributed by atoms with Crippen LogP contribution < -0.4 is 4.74 Å². The molecule has 1 aliphatic rings. The average molecular weight is 391 g/mol. The minimum Gasteiger partial charge on any atom is -0.496 e. The van der Waals surface area contributed by atoms with Crippen LogP contribution in [0.15, 0.2) is 24.3 Å². The highest BCUT2D eigenvalue weighted by Gasteiger charge is 2.48. The third-order valence-electron chi connectivity index (χ3n) is 5.37. The van der Waals surface area contributed by atoms with Crippen LogP contribution in [0, 0.1) is 13.8 Å². The van der Waals surface area contributed by atoms with E-state index in [2.05, 4.69) is 5.10 Å². The van der Waals surface area contributed by atoms with E-state index < -0.39 is 18.5 Å². The van der Waals surface area contributed by atoms with Crippen LogP contribution in [0.5, 0.6) is 5.75 Å². The second kappa shape index (κ2) is 7.53. The lowest BCUT2D eigenvalue weighted by molar-refractivity contribution is -0.134. The molecule has 2 heterocycles. The Bertz CT molecular complexity index is 877. The van der Waals surface area contributed by atoms with E-state index in [0.29, 0.717) is 11.3 Å². The molecule has 1 fully saturated rings. The van der Waals surface area contributed by atoms with Crippen molar-refractivity contribution in [2.45, 2.75) is 58.5 Å². The van der Waals surface area contributed by atoms with Crippen molar-refractivity contribution >= 4 is 5.91 Å². The zero-order valence-electron chi connectivity index (χ0n) is 17.0. The number of likely N-dealkylation sites (tertiary alicyclic amines) is 1. The standard InChI is InChI=1S/C21H27F2N3O2/c1-13(2)17-9-14(3)26(24-17)11-20(27)25-12-21(22,23)10-18(25)16-7-6-8-19(28-5)15(16)4/h6-9,13,18H,10-12H2,1-5H3/t18-/m0/s1. The molecule has 1 aromatic heterocycles. The minimum atomic E-state index is -2.92. The number of aryl methyl sites for hydroxylation is 1. The molecule has 1 aromatic carbocycles. The van der Waals surface area contributed by atoms with E-state index in [1.165, 1.54) is 4.90 Å². The SMILES string of the molecule is COc1cccc([C@@H]2CC(F)(F)CN2C(=O)Cn2nc(C(C)C)cc2C)c1C. The first kappa shape index (κ1) is 20.3. The number of hydrogen-bond donors (Lipinski definition) is 0. The molecule has 7 heteroatoms. The summed E-state index contributed by atoms with van der Waals surface area (Å²) in [4.78, 5) is 14.3. The predicted molar refractivity (Wildman–Crippen MR) is 103 cm³/mol. The van der Waals surface area contributed by atoms with E-state index in [1.54, 1.807) is 30.0 Å². The number of nitrogens with zero attached hydrogens (tertiary/aromatic N) is 3. The van der Waals surface area contributed by atoms with Gasteiger partial charge in [-0.05, 0) is 43.0 Å². The van der Waals surface area contributed by atoms with E-state index >= 15 is 0 Å². The molecule has 1 saturated heterocycles. The Kier molecular flexibility index (Phi) is 5.46. The maximum Gasteiger partial charge on any atom is 0.267 e. The van der Waals surface area contributed by atoms with Crippen LogP contribution in [0.4, 0.5) is 8.78 Å². The molecule has 5 nitrogen and oxygen atoms in total. The van der Waals surface area contributed by atoms with Crippen LogP contribution in [0.2, 0.25) is 0 Å². The Morgan fingerprint density at radius 2 is 2.07 bits per heavy atom. The predicted octanol–water partition coefficient (Wildman–Crippen LogP) is 4.24. The summed E-state index contributed by atoms with van der Waals surface area (Å²) in [5.74, 6) is -2.41. The van der Waals surface area contributed by atoms with Crippen LogP contribution in [-0.2, 0) is 11.3 Å². The van der Waals surface area contributed by atoms with Gasteiger partial charge in [0.2, 0.25) is 5.91 Å². The molecular weight excluding hydrogens is 364 g/mol. The summed E-state index contributed by atoms with van der Waals surface area (Å²) < 4.78 is 35.5. The first-order valence-electron chi connectivity index (χ1n) is 9.48. The molecule has 28 heavy (non-hydrogen) atoms. The topological polar surface area (TPSA) is 47.4 Å². The van der Waals surface area contributed by atoms with Crippen molar-refractivity contribution in [2.24, 2.45) is 0 Å². The molecule has 1 amide bonds. The lowest BCUT2D eigenvalue weighted by Crippen LogP contribution is -2.36. The highest BCUT2D eigenvalue weighted by Crippen LogP contribution is 2.43. The van der Waals surface area contributed by atoms with Gasteiger partial charge in [0.25, 0.3) is 5.92 Å². The molecule has 0 saturated carbocycles. The first-order valence-corrected chi connectivity index (χ1v) is 9.48. The van der Waals surface area contributed by atoms with Crippen LogP contribution in [-0.4, -0.2) is 40.2 Å². The molecule has 1 aliphatic heterocycles. The van der Waals surface area contributed by atoms with Crippen molar-refractivity contribution < 1.29 is 18.3 Å². The van der Waals surface area contributed by atoms with Crippen LogP contribution in [0.25, 0.3) is 0 Å². The Balaban J connectivity index is 1.89. The van der Waals surface area contributed by atoms with Gasteiger partial charge in [-0.1, -0.05) is 26.0 Å². The largest absolute Gasteiger partial charge is 0.496 e. The normalized spacial score (nSPS) is 18.7. The van der Waals surface area contributed by atoms with Crippen molar-refractivity contribution in [1.82, 2.24) is 14.7 Å². The number of ether oxygens (including phenoxy) is 1. The summed E-state index contributed by atoms with van der Waals surface area (Å²) in [5.41, 5.74) is 3.21. The maximum absolute atomic E-state index is 14.3. The average Bonchev–Trinajstić information content (AvgIpc) is 3.15. The van der Waals surface area contributed by atoms with Crippen molar-refractivity contribution in [1.29, 1.82) is 0 Å². The highest BCUT2D eigenvalue weighted by molar-refractivity contribution is 5.77.